The van der Waals surface area contributed by atoms with Crippen molar-refractivity contribution in [3.8, 4) is 0 Å². The predicted molar refractivity (Wildman–Crippen MR) is 69.1 cm³/mol. The summed E-state index contributed by atoms with van der Waals surface area (Å²) in [7, 11) is 0. The Morgan fingerprint density at radius 1 is 1.53 bits per heavy atom. The van der Waals surface area contributed by atoms with Crippen LogP contribution in [0, 0.1) is 6.92 Å². The van der Waals surface area contributed by atoms with E-state index in [1.807, 2.05) is 25.1 Å². The van der Waals surface area contributed by atoms with Crippen LogP contribution < -0.4 is 10.6 Å². The average molecular weight is 253 g/mol. The topological polar surface area (TPSA) is 41.1 Å². The lowest BCUT2D eigenvalue weighted by Crippen LogP contribution is -2.47. The summed E-state index contributed by atoms with van der Waals surface area (Å²) in [4.78, 5) is 11.5. The van der Waals surface area contributed by atoms with E-state index in [0.717, 1.165) is 35.5 Å². The molecule has 2 N–H and O–H groups in total. The number of carbonyl (C=O) groups excluding carboxylic acids is 1. The monoisotopic (exact) mass is 252 g/mol. The molecule has 0 bridgehead atoms. The zero-order valence-corrected chi connectivity index (χ0v) is 10.7. The first-order chi connectivity index (χ1) is 8.16. The van der Waals surface area contributed by atoms with Crippen LogP contribution in [0.4, 0.5) is 0 Å². The van der Waals surface area contributed by atoms with Crippen molar-refractivity contribution in [2.75, 3.05) is 6.54 Å². The Labute approximate surface area is 107 Å². The summed E-state index contributed by atoms with van der Waals surface area (Å²) in [6.45, 7) is 3.44. The molecule has 3 nitrogen and oxygen atoms in total. The molecule has 0 radical (unpaired) electrons. The Kier molecular flexibility index (Phi) is 4.02. The highest BCUT2D eigenvalue weighted by molar-refractivity contribution is 6.31. The molecule has 1 fully saturated rings. The number of hydrogen-bond acceptors (Lipinski definition) is 2. The fourth-order valence-corrected chi connectivity index (χ4v) is 2.30. The lowest BCUT2D eigenvalue weighted by atomic mass is 10.1. The average Bonchev–Trinajstić information content (AvgIpc) is 2.30. The van der Waals surface area contributed by atoms with Gasteiger partial charge in [0.05, 0.1) is 6.04 Å². The fourth-order valence-electron chi connectivity index (χ4n) is 2.00. The van der Waals surface area contributed by atoms with E-state index in [1.54, 1.807) is 0 Å². The van der Waals surface area contributed by atoms with Crippen LogP contribution in [-0.2, 0) is 11.3 Å². The molecule has 1 unspecified atom stereocenters. The summed E-state index contributed by atoms with van der Waals surface area (Å²) in [6, 6.07) is 5.90. The maximum atomic E-state index is 11.5. The highest BCUT2D eigenvalue weighted by Gasteiger charge is 2.21. The van der Waals surface area contributed by atoms with Crippen LogP contribution in [0.2, 0.25) is 5.02 Å². The Bertz CT molecular complexity index is 420. The summed E-state index contributed by atoms with van der Waals surface area (Å²) in [5, 5.41) is 6.87. The van der Waals surface area contributed by atoms with E-state index < -0.39 is 0 Å². The van der Waals surface area contributed by atoms with Crippen LogP contribution >= 0.6 is 11.6 Å². The van der Waals surface area contributed by atoms with Crippen LogP contribution in [0.5, 0.6) is 0 Å². The molecule has 1 amide bonds. The fraction of sp³-hybridized carbons (Fsp3) is 0.462. The second kappa shape index (κ2) is 5.52. The quantitative estimate of drug-likeness (QED) is 0.864. The van der Waals surface area contributed by atoms with Crippen molar-refractivity contribution in [1.29, 1.82) is 0 Å². The van der Waals surface area contributed by atoms with Crippen LogP contribution in [0.1, 0.15) is 24.0 Å². The molecule has 1 atom stereocenters. The van der Waals surface area contributed by atoms with E-state index in [2.05, 4.69) is 10.6 Å². The third-order valence-corrected chi connectivity index (χ3v) is 3.38. The SMILES string of the molecule is Cc1ccc(CNC2CCCNC2=O)c(Cl)c1. The summed E-state index contributed by atoms with van der Waals surface area (Å²) >= 11 is 6.14. The van der Waals surface area contributed by atoms with Gasteiger partial charge in [0.1, 0.15) is 0 Å². The Morgan fingerprint density at radius 3 is 3.06 bits per heavy atom. The summed E-state index contributed by atoms with van der Waals surface area (Å²) in [5.41, 5.74) is 2.18. The minimum absolute atomic E-state index is 0.0823. The first-order valence-corrected chi connectivity index (χ1v) is 6.31. The molecule has 92 valence electrons. The molecule has 1 heterocycles. The van der Waals surface area contributed by atoms with Crippen molar-refractivity contribution in [2.24, 2.45) is 0 Å². The molecule has 1 aromatic carbocycles. The van der Waals surface area contributed by atoms with Gasteiger partial charge >= 0.3 is 0 Å². The molecule has 0 aromatic heterocycles. The van der Waals surface area contributed by atoms with Crippen LogP contribution in [0.15, 0.2) is 18.2 Å². The lowest BCUT2D eigenvalue weighted by Gasteiger charge is -2.23. The number of halogens is 1. The minimum Gasteiger partial charge on any atom is -0.355 e. The Morgan fingerprint density at radius 2 is 2.35 bits per heavy atom. The molecule has 4 heteroatoms. The van der Waals surface area contributed by atoms with Gasteiger partial charge in [0.2, 0.25) is 5.91 Å². The van der Waals surface area contributed by atoms with E-state index in [1.165, 1.54) is 0 Å². The van der Waals surface area contributed by atoms with Gasteiger partial charge in [0.25, 0.3) is 0 Å². The lowest BCUT2D eigenvalue weighted by molar-refractivity contribution is -0.124. The molecular formula is C13H17ClN2O. The standard InChI is InChI=1S/C13H17ClN2O/c1-9-4-5-10(11(14)7-9)8-16-12-3-2-6-15-13(12)17/h4-5,7,12,16H,2-3,6,8H2,1H3,(H,15,17). The van der Waals surface area contributed by atoms with Gasteiger partial charge in [-0.05, 0) is 37.0 Å². The zero-order valence-electron chi connectivity index (χ0n) is 9.92. The number of aryl methyl sites for hydroxylation is 1. The molecule has 1 aliphatic heterocycles. The largest absolute Gasteiger partial charge is 0.355 e. The van der Waals surface area contributed by atoms with Crippen LogP contribution in [-0.4, -0.2) is 18.5 Å². The van der Waals surface area contributed by atoms with Crippen molar-refractivity contribution in [2.45, 2.75) is 32.4 Å². The molecular weight excluding hydrogens is 236 g/mol. The maximum Gasteiger partial charge on any atom is 0.237 e. The van der Waals surface area contributed by atoms with Gasteiger partial charge in [-0.25, -0.2) is 0 Å². The third kappa shape index (κ3) is 3.20. The van der Waals surface area contributed by atoms with E-state index in [4.69, 9.17) is 11.6 Å². The zero-order chi connectivity index (χ0) is 12.3. The maximum absolute atomic E-state index is 11.5. The predicted octanol–water partition coefficient (Wildman–Crippen LogP) is 2.02. The molecule has 1 aliphatic rings. The number of hydrogen-bond donors (Lipinski definition) is 2. The number of piperidine rings is 1. The first-order valence-electron chi connectivity index (χ1n) is 5.93. The highest BCUT2D eigenvalue weighted by atomic mass is 35.5. The number of carbonyl (C=O) groups is 1. The molecule has 1 aromatic rings. The van der Waals surface area contributed by atoms with E-state index in [9.17, 15) is 4.79 Å². The van der Waals surface area contributed by atoms with Crippen molar-refractivity contribution in [1.82, 2.24) is 10.6 Å². The van der Waals surface area contributed by atoms with Crippen molar-refractivity contribution >= 4 is 17.5 Å². The van der Waals surface area contributed by atoms with Gasteiger partial charge in [-0.2, -0.15) is 0 Å². The number of rotatable bonds is 3. The van der Waals surface area contributed by atoms with Crippen molar-refractivity contribution in [3.63, 3.8) is 0 Å². The molecule has 1 saturated heterocycles. The number of nitrogens with one attached hydrogen (secondary N) is 2. The Balaban J connectivity index is 1.95. The van der Waals surface area contributed by atoms with Crippen LogP contribution in [0.25, 0.3) is 0 Å². The molecule has 0 spiro atoms. The normalized spacial score (nSPS) is 20.1. The second-order valence-corrected chi connectivity index (χ2v) is 4.87. The van der Waals surface area contributed by atoms with E-state index in [0.29, 0.717) is 6.54 Å². The van der Waals surface area contributed by atoms with Gasteiger partial charge in [0.15, 0.2) is 0 Å². The van der Waals surface area contributed by atoms with Crippen molar-refractivity contribution in [3.05, 3.63) is 34.3 Å². The van der Waals surface area contributed by atoms with Crippen LogP contribution in [0.3, 0.4) is 0 Å². The van der Waals surface area contributed by atoms with Gasteiger partial charge in [-0.3, -0.25) is 4.79 Å². The van der Waals surface area contributed by atoms with Gasteiger partial charge in [0, 0.05) is 18.1 Å². The molecule has 0 saturated carbocycles. The summed E-state index contributed by atoms with van der Waals surface area (Å²) in [6.07, 6.45) is 1.93. The van der Waals surface area contributed by atoms with Gasteiger partial charge in [-0.15, -0.1) is 0 Å². The molecule has 17 heavy (non-hydrogen) atoms. The molecule has 0 aliphatic carbocycles. The van der Waals surface area contributed by atoms with E-state index in [-0.39, 0.29) is 11.9 Å². The number of amides is 1. The minimum atomic E-state index is -0.0823. The van der Waals surface area contributed by atoms with E-state index >= 15 is 0 Å². The summed E-state index contributed by atoms with van der Waals surface area (Å²) in [5.74, 6) is 0.0967. The van der Waals surface area contributed by atoms with Gasteiger partial charge in [-0.1, -0.05) is 23.7 Å². The summed E-state index contributed by atoms with van der Waals surface area (Å²) < 4.78 is 0. The molecule has 2 rings (SSSR count). The third-order valence-electron chi connectivity index (χ3n) is 3.03. The van der Waals surface area contributed by atoms with Gasteiger partial charge < -0.3 is 10.6 Å². The first kappa shape index (κ1) is 12.4. The highest BCUT2D eigenvalue weighted by Crippen LogP contribution is 2.17. The number of benzene rings is 1. The Hall–Kier alpha value is -1.06. The van der Waals surface area contributed by atoms with Crippen molar-refractivity contribution < 1.29 is 4.79 Å². The second-order valence-electron chi connectivity index (χ2n) is 4.46. The smallest absolute Gasteiger partial charge is 0.237 e.